The summed E-state index contributed by atoms with van der Waals surface area (Å²) in [5, 5.41) is 0. The number of hydrogen-bond acceptors (Lipinski definition) is 1. The zero-order chi connectivity index (χ0) is 16.1. The SMILES string of the molecule is C=C(N=C(C)c1ccccc1)c1ccccc1.CC.CC. The average Bonchev–Trinajstić information content (AvgIpc) is 2.60. The molecule has 0 aliphatic heterocycles. The van der Waals surface area contributed by atoms with Gasteiger partial charge < -0.3 is 0 Å². The first-order valence-electron chi connectivity index (χ1n) is 7.62. The molecule has 1 nitrogen and oxygen atoms in total. The van der Waals surface area contributed by atoms with Gasteiger partial charge in [-0.05, 0) is 18.1 Å². The van der Waals surface area contributed by atoms with Crippen LogP contribution >= 0.6 is 0 Å². The number of rotatable bonds is 3. The fraction of sp³-hybridized carbons (Fsp3) is 0.250. The van der Waals surface area contributed by atoms with Crippen molar-refractivity contribution >= 4 is 11.4 Å². The van der Waals surface area contributed by atoms with E-state index in [0.29, 0.717) is 0 Å². The Kier molecular flexibility index (Phi) is 10.5. The van der Waals surface area contributed by atoms with E-state index in [9.17, 15) is 0 Å². The molecular formula is C20H27N. The van der Waals surface area contributed by atoms with Crippen molar-refractivity contribution in [3.63, 3.8) is 0 Å². The topological polar surface area (TPSA) is 12.4 Å². The lowest BCUT2D eigenvalue weighted by molar-refractivity contribution is 1.48. The first-order chi connectivity index (χ1) is 10.3. The summed E-state index contributed by atoms with van der Waals surface area (Å²) in [5.74, 6) is 0. The van der Waals surface area contributed by atoms with Gasteiger partial charge in [0.25, 0.3) is 0 Å². The van der Waals surface area contributed by atoms with Crippen LogP contribution in [0.15, 0.2) is 72.2 Å². The van der Waals surface area contributed by atoms with Crippen LogP contribution in [0.25, 0.3) is 5.70 Å². The molecule has 0 saturated heterocycles. The number of hydrogen-bond donors (Lipinski definition) is 0. The van der Waals surface area contributed by atoms with Gasteiger partial charge in [-0.3, -0.25) is 4.99 Å². The van der Waals surface area contributed by atoms with Gasteiger partial charge in [0.1, 0.15) is 0 Å². The fourth-order valence-corrected chi connectivity index (χ4v) is 1.64. The number of nitrogens with zero attached hydrogens (tertiary/aromatic N) is 1. The van der Waals surface area contributed by atoms with Crippen LogP contribution in [0, 0.1) is 0 Å². The third-order valence-electron chi connectivity index (χ3n) is 2.60. The molecule has 1 heteroatoms. The Hall–Kier alpha value is -2.15. The van der Waals surface area contributed by atoms with Crippen molar-refractivity contribution in [1.29, 1.82) is 0 Å². The molecule has 112 valence electrons. The molecule has 0 unspecified atom stereocenters. The maximum Gasteiger partial charge on any atom is 0.0633 e. The summed E-state index contributed by atoms with van der Waals surface area (Å²) in [7, 11) is 0. The first kappa shape index (κ1) is 18.9. The van der Waals surface area contributed by atoms with Crippen molar-refractivity contribution in [2.75, 3.05) is 0 Å². The molecule has 0 bridgehead atoms. The summed E-state index contributed by atoms with van der Waals surface area (Å²) in [6.07, 6.45) is 0. The monoisotopic (exact) mass is 281 g/mol. The molecule has 0 fully saturated rings. The molecule has 0 radical (unpaired) electrons. The maximum absolute atomic E-state index is 4.54. The Bertz CT molecular complexity index is 524. The van der Waals surface area contributed by atoms with Gasteiger partial charge in [0.05, 0.1) is 5.70 Å². The normalized spacial score (nSPS) is 9.67. The van der Waals surface area contributed by atoms with Crippen LogP contribution in [0.3, 0.4) is 0 Å². The molecule has 0 aliphatic rings. The molecule has 0 aliphatic carbocycles. The van der Waals surface area contributed by atoms with Gasteiger partial charge in [-0.2, -0.15) is 0 Å². The van der Waals surface area contributed by atoms with Crippen molar-refractivity contribution in [3.05, 3.63) is 78.4 Å². The first-order valence-corrected chi connectivity index (χ1v) is 7.62. The highest BCUT2D eigenvalue weighted by atomic mass is 14.7. The van der Waals surface area contributed by atoms with Gasteiger partial charge in [0.2, 0.25) is 0 Å². The molecule has 21 heavy (non-hydrogen) atoms. The minimum Gasteiger partial charge on any atom is -0.253 e. The van der Waals surface area contributed by atoms with Gasteiger partial charge in [0.15, 0.2) is 0 Å². The number of benzene rings is 2. The van der Waals surface area contributed by atoms with Crippen molar-refractivity contribution in [3.8, 4) is 0 Å². The van der Waals surface area contributed by atoms with Crippen molar-refractivity contribution < 1.29 is 0 Å². The van der Waals surface area contributed by atoms with E-state index in [-0.39, 0.29) is 0 Å². The molecule has 2 aromatic carbocycles. The zero-order valence-corrected chi connectivity index (χ0v) is 13.9. The highest BCUT2D eigenvalue weighted by molar-refractivity contribution is 6.01. The van der Waals surface area contributed by atoms with Crippen molar-refractivity contribution in [1.82, 2.24) is 0 Å². The lowest BCUT2D eigenvalue weighted by atomic mass is 10.1. The van der Waals surface area contributed by atoms with E-state index in [1.165, 1.54) is 0 Å². The van der Waals surface area contributed by atoms with Crippen LogP contribution in [0.2, 0.25) is 0 Å². The fourth-order valence-electron chi connectivity index (χ4n) is 1.64. The molecule has 0 heterocycles. The Balaban J connectivity index is 0.000000921. The van der Waals surface area contributed by atoms with Gasteiger partial charge in [-0.15, -0.1) is 0 Å². The largest absolute Gasteiger partial charge is 0.253 e. The summed E-state index contributed by atoms with van der Waals surface area (Å²) >= 11 is 0. The van der Waals surface area contributed by atoms with E-state index in [1.54, 1.807) is 0 Å². The van der Waals surface area contributed by atoms with Gasteiger partial charge >= 0.3 is 0 Å². The minimum absolute atomic E-state index is 0.798. The molecule has 0 N–H and O–H groups in total. The minimum atomic E-state index is 0.798. The van der Waals surface area contributed by atoms with Gasteiger partial charge in [-0.25, -0.2) is 0 Å². The van der Waals surface area contributed by atoms with E-state index in [0.717, 1.165) is 22.5 Å². The second-order valence-corrected chi connectivity index (χ2v) is 3.88. The lowest BCUT2D eigenvalue weighted by Crippen LogP contribution is -1.94. The van der Waals surface area contributed by atoms with Gasteiger partial charge in [-0.1, -0.05) is 94.9 Å². The number of aliphatic imine (C=N–C) groups is 1. The van der Waals surface area contributed by atoms with Crippen LogP contribution in [-0.2, 0) is 0 Å². The summed E-state index contributed by atoms with van der Waals surface area (Å²) in [6.45, 7) is 14.0. The standard InChI is InChI=1S/C16H15N.2C2H6/c1-13(15-9-5-3-6-10-15)17-14(2)16-11-7-4-8-12-16;2*1-2/h3-12H,1H2,2H3;2*1-2H3. The Labute approximate surface area is 130 Å². The van der Waals surface area contributed by atoms with Crippen molar-refractivity contribution in [2.24, 2.45) is 4.99 Å². The van der Waals surface area contributed by atoms with E-state index >= 15 is 0 Å². The summed E-state index contributed by atoms with van der Waals surface area (Å²) in [6, 6.07) is 20.1. The highest BCUT2D eigenvalue weighted by Crippen LogP contribution is 2.14. The van der Waals surface area contributed by atoms with E-state index in [2.05, 4.69) is 23.7 Å². The predicted molar refractivity (Wildman–Crippen MR) is 96.8 cm³/mol. The van der Waals surface area contributed by atoms with Crippen LogP contribution < -0.4 is 0 Å². The molecule has 0 saturated carbocycles. The van der Waals surface area contributed by atoms with E-state index < -0.39 is 0 Å². The third kappa shape index (κ3) is 6.71. The third-order valence-corrected chi connectivity index (χ3v) is 2.60. The zero-order valence-electron chi connectivity index (χ0n) is 13.9. The quantitative estimate of drug-likeness (QED) is 0.592. The van der Waals surface area contributed by atoms with Crippen molar-refractivity contribution in [2.45, 2.75) is 34.6 Å². The smallest absolute Gasteiger partial charge is 0.0633 e. The molecule has 2 aromatic rings. The second kappa shape index (κ2) is 11.7. The predicted octanol–water partition coefficient (Wildman–Crippen LogP) is 6.22. The molecule has 2 rings (SSSR count). The van der Waals surface area contributed by atoms with Crippen LogP contribution in [0.5, 0.6) is 0 Å². The molecule has 0 aromatic heterocycles. The molecule has 0 atom stereocenters. The van der Waals surface area contributed by atoms with E-state index in [4.69, 9.17) is 0 Å². The van der Waals surface area contributed by atoms with Gasteiger partial charge in [0, 0.05) is 5.71 Å². The highest BCUT2D eigenvalue weighted by Gasteiger charge is 1.99. The van der Waals surface area contributed by atoms with Crippen LogP contribution in [-0.4, -0.2) is 5.71 Å². The maximum atomic E-state index is 4.54. The summed E-state index contributed by atoms with van der Waals surface area (Å²) in [5.41, 5.74) is 3.97. The molecule has 0 spiro atoms. The van der Waals surface area contributed by atoms with Crippen LogP contribution in [0.1, 0.15) is 45.7 Å². The Morgan fingerprint density at radius 3 is 1.52 bits per heavy atom. The lowest BCUT2D eigenvalue weighted by Gasteiger charge is -2.03. The van der Waals surface area contributed by atoms with Crippen LogP contribution in [0.4, 0.5) is 0 Å². The Morgan fingerprint density at radius 2 is 1.10 bits per heavy atom. The summed E-state index contributed by atoms with van der Waals surface area (Å²) < 4.78 is 0. The second-order valence-electron chi connectivity index (χ2n) is 3.88. The molecule has 0 amide bonds. The average molecular weight is 281 g/mol. The Morgan fingerprint density at radius 1 is 0.714 bits per heavy atom. The van der Waals surface area contributed by atoms with E-state index in [1.807, 2.05) is 83.1 Å². The molecular weight excluding hydrogens is 254 g/mol. The summed E-state index contributed by atoms with van der Waals surface area (Å²) in [4.78, 5) is 4.54.